The number of benzene rings is 2. The highest BCUT2D eigenvalue weighted by Crippen LogP contribution is 2.35. The van der Waals surface area contributed by atoms with E-state index in [1.54, 1.807) is 5.41 Å². The summed E-state index contributed by atoms with van der Waals surface area (Å²) in [6, 6.07) is 19.9. The van der Waals surface area contributed by atoms with Gasteiger partial charge in [-0.15, -0.1) is 11.3 Å². The van der Waals surface area contributed by atoms with Gasteiger partial charge >= 0.3 is 0 Å². The van der Waals surface area contributed by atoms with Gasteiger partial charge in [-0.25, -0.2) is 0 Å². The van der Waals surface area contributed by atoms with Crippen LogP contribution in [0.15, 0.2) is 72.2 Å². The van der Waals surface area contributed by atoms with Crippen LogP contribution < -0.4 is 0 Å². The Morgan fingerprint density at radius 1 is 0.960 bits per heavy atom. The van der Waals surface area contributed by atoms with Crippen molar-refractivity contribution in [3.8, 4) is 10.4 Å². The highest BCUT2D eigenvalue weighted by molar-refractivity contribution is 7.83. The van der Waals surface area contributed by atoms with Crippen LogP contribution in [0.1, 0.15) is 11.8 Å². The molecule has 1 nitrogen and oxygen atoms in total. The third kappa shape index (κ3) is 2.94. The maximum atomic E-state index is 4.07. The molecule has 2 aromatic heterocycles. The number of para-hydroxylation sites is 1. The number of thiol groups is 1. The Balaban J connectivity index is 1.83. The maximum Gasteiger partial charge on any atom is 0.0491 e. The van der Waals surface area contributed by atoms with Crippen LogP contribution >= 0.6 is 24.0 Å². The second kappa shape index (κ2) is 6.95. The van der Waals surface area contributed by atoms with Gasteiger partial charge in [0.1, 0.15) is 0 Å². The van der Waals surface area contributed by atoms with Crippen molar-refractivity contribution < 1.29 is 0 Å². The highest BCUT2D eigenvalue weighted by Gasteiger charge is 2.11. The van der Waals surface area contributed by atoms with E-state index >= 15 is 0 Å². The van der Waals surface area contributed by atoms with Crippen LogP contribution in [0.4, 0.5) is 0 Å². The van der Waals surface area contributed by atoms with Gasteiger partial charge in [-0.2, -0.15) is 12.6 Å². The fraction of sp³-hybridized carbons (Fsp3) is 0.0909. The summed E-state index contributed by atoms with van der Waals surface area (Å²) < 4.78 is 2.39. The first kappa shape index (κ1) is 16.2. The first-order valence-electron chi connectivity index (χ1n) is 8.40. The summed E-state index contributed by atoms with van der Waals surface area (Å²) in [7, 11) is 0. The molecule has 0 amide bonds. The van der Waals surface area contributed by atoms with Crippen LogP contribution in [0.5, 0.6) is 0 Å². The van der Waals surface area contributed by atoms with Gasteiger partial charge in [0.15, 0.2) is 0 Å². The molecule has 0 saturated carbocycles. The highest BCUT2D eigenvalue weighted by atomic mass is 32.1. The van der Waals surface area contributed by atoms with E-state index in [4.69, 9.17) is 0 Å². The Bertz CT molecular complexity index is 1100. The van der Waals surface area contributed by atoms with Gasteiger partial charge in [-0.1, -0.05) is 36.4 Å². The summed E-state index contributed by atoms with van der Waals surface area (Å²) in [6.45, 7) is 3.19. The van der Waals surface area contributed by atoms with E-state index in [2.05, 4.69) is 84.8 Å². The molecule has 25 heavy (non-hydrogen) atoms. The lowest BCUT2D eigenvalue weighted by Gasteiger charge is -2.03. The van der Waals surface area contributed by atoms with Crippen LogP contribution in [0.3, 0.4) is 0 Å². The number of hydrogen-bond acceptors (Lipinski definition) is 2. The van der Waals surface area contributed by atoms with Crippen molar-refractivity contribution in [1.29, 1.82) is 0 Å². The lowest BCUT2D eigenvalue weighted by molar-refractivity contribution is 0.827. The average molecular weight is 362 g/mol. The van der Waals surface area contributed by atoms with Crippen LogP contribution in [-0.2, 0) is 6.54 Å². The Morgan fingerprint density at radius 2 is 1.80 bits per heavy atom. The summed E-state index contributed by atoms with van der Waals surface area (Å²) in [5.74, 6) is 0. The molecule has 2 heterocycles. The fourth-order valence-corrected chi connectivity index (χ4v) is 4.36. The van der Waals surface area contributed by atoms with Crippen molar-refractivity contribution >= 4 is 51.8 Å². The SMILES string of the molecule is CCn1c2ccccc2c2cc(-c3ccc(/C=C/C=C\S)s3)ccc21. The van der Waals surface area contributed by atoms with Crippen molar-refractivity contribution in [2.75, 3.05) is 0 Å². The van der Waals surface area contributed by atoms with Gasteiger partial charge in [0.05, 0.1) is 0 Å². The number of fused-ring (bicyclic) bond motifs is 3. The molecule has 0 fully saturated rings. The predicted octanol–water partition coefficient (Wildman–Crippen LogP) is 7.00. The minimum Gasteiger partial charge on any atom is -0.341 e. The summed E-state index contributed by atoms with van der Waals surface area (Å²) >= 11 is 5.88. The summed E-state index contributed by atoms with van der Waals surface area (Å²) in [5, 5.41) is 4.40. The first-order valence-corrected chi connectivity index (χ1v) is 9.73. The molecular formula is C22H19NS2. The zero-order valence-electron chi connectivity index (χ0n) is 14.0. The Morgan fingerprint density at radius 3 is 2.64 bits per heavy atom. The predicted molar refractivity (Wildman–Crippen MR) is 116 cm³/mol. The maximum absolute atomic E-state index is 4.07. The van der Waals surface area contributed by atoms with E-state index in [1.807, 2.05) is 23.5 Å². The van der Waals surface area contributed by atoms with Crippen molar-refractivity contribution in [2.24, 2.45) is 0 Å². The molecular weight excluding hydrogens is 342 g/mol. The largest absolute Gasteiger partial charge is 0.341 e. The van der Waals surface area contributed by atoms with E-state index in [1.165, 1.54) is 37.1 Å². The molecule has 0 aliphatic rings. The Kier molecular flexibility index (Phi) is 4.51. The lowest BCUT2D eigenvalue weighted by atomic mass is 10.1. The Hall–Kier alpha value is -2.23. The Labute approximate surface area is 157 Å². The average Bonchev–Trinajstić information content (AvgIpc) is 3.24. The van der Waals surface area contributed by atoms with Crippen molar-refractivity contribution in [1.82, 2.24) is 4.57 Å². The molecule has 0 radical (unpaired) electrons. The smallest absolute Gasteiger partial charge is 0.0491 e. The summed E-state index contributed by atoms with van der Waals surface area (Å²) in [5.41, 5.74) is 3.90. The van der Waals surface area contributed by atoms with E-state index in [9.17, 15) is 0 Å². The summed E-state index contributed by atoms with van der Waals surface area (Å²) in [6.07, 6.45) is 6.05. The van der Waals surface area contributed by atoms with Gasteiger partial charge in [-0.3, -0.25) is 0 Å². The van der Waals surface area contributed by atoms with Gasteiger partial charge in [0.2, 0.25) is 0 Å². The van der Waals surface area contributed by atoms with Gasteiger partial charge < -0.3 is 4.57 Å². The molecule has 2 aromatic carbocycles. The second-order valence-corrected chi connectivity index (χ2v) is 7.31. The van der Waals surface area contributed by atoms with Crippen LogP contribution in [0.2, 0.25) is 0 Å². The number of thiophene rings is 1. The van der Waals surface area contributed by atoms with Gasteiger partial charge in [0, 0.05) is 38.1 Å². The number of aryl methyl sites for hydroxylation is 1. The van der Waals surface area contributed by atoms with Crippen molar-refractivity contribution in [3.05, 3.63) is 77.0 Å². The molecule has 0 aliphatic heterocycles. The number of allylic oxidation sites excluding steroid dienone is 2. The molecule has 3 heteroatoms. The van der Waals surface area contributed by atoms with Crippen LogP contribution in [-0.4, -0.2) is 4.57 Å². The molecule has 0 spiro atoms. The van der Waals surface area contributed by atoms with E-state index < -0.39 is 0 Å². The van der Waals surface area contributed by atoms with Gasteiger partial charge in [-0.05, 0) is 54.3 Å². The molecule has 0 bridgehead atoms. The van der Waals surface area contributed by atoms with Crippen LogP contribution in [0.25, 0.3) is 38.3 Å². The second-order valence-electron chi connectivity index (χ2n) is 5.90. The normalized spacial score (nSPS) is 12.2. The van der Waals surface area contributed by atoms with E-state index in [-0.39, 0.29) is 0 Å². The third-order valence-corrected chi connectivity index (χ3v) is 5.73. The molecule has 0 aliphatic carbocycles. The molecule has 0 atom stereocenters. The minimum absolute atomic E-state index is 0.982. The summed E-state index contributed by atoms with van der Waals surface area (Å²) in [4.78, 5) is 2.54. The number of hydrogen-bond donors (Lipinski definition) is 1. The molecule has 4 aromatic rings. The quantitative estimate of drug-likeness (QED) is 0.295. The zero-order valence-corrected chi connectivity index (χ0v) is 15.7. The van der Waals surface area contributed by atoms with E-state index in [0.717, 1.165) is 6.54 Å². The number of rotatable bonds is 4. The van der Waals surface area contributed by atoms with Crippen molar-refractivity contribution in [2.45, 2.75) is 13.5 Å². The monoisotopic (exact) mass is 361 g/mol. The topological polar surface area (TPSA) is 4.93 Å². The lowest BCUT2D eigenvalue weighted by Crippen LogP contribution is -1.92. The minimum atomic E-state index is 0.982. The molecule has 0 N–H and O–H groups in total. The van der Waals surface area contributed by atoms with E-state index in [0.29, 0.717) is 0 Å². The van der Waals surface area contributed by atoms with Crippen molar-refractivity contribution in [3.63, 3.8) is 0 Å². The molecule has 124 valence electrons. The third-order valence-electron chi connectivity index (χ3n) is 4.46. The zero-order chi connectivity index (χ0) is 17.2. The molecule has 0 saturated heterocycles. The molecule has 0 unspecified atom stereocenters. The number of nitrogens with zero attached hydrogens (tertiary/aromatic N) is 1. The van der Waals surface area contributed by atoms with Crippen LogP contribution in [0, 0.1) is 0 Å². The fourth-order valence-electron chi connectivity index (χ4n) is 3.35. The van der Waals surface area contributed by atoms with Gasteiger partial charge in [0.25, 0.3) is 0 Å². The molecule has 4 rings (SSSR count). The first-order chi connectivity index (χ1) is 12.3. The standard InChI is InChI=1S/C22H19NS2/c1-2-23-20-9-4-3-8-18(20)19-15-16(10-12-21(19)23)22-13-11-17(25-22)7-5-6-14-24/h3-15,24H,2H2,1H3/b7-5+,14-6-. The number of aromatic nitrogens is 1.